The van der Waals surface area contributed by atoms with Crippen molar-refractivity contribution < 1.29 is 5.11 Å². The molecule has 0 aromatic heterocycles. The van der Waals surface area contributed by atoms with Crippen LogP contribution in [0.2, 0.25) is 0 Å². The van der Waals surface area contributed by atoms with Crippen LogP contribution >= 0.6 is 0 Å². The summed E-state index contributed by atoms with van der Waals surface area (Å²) < 4.78 is 0. The highest BCUT2D eigenvalue weighted by Gasteiger charge is 2.31. The Balaban J connectivity index is 1.95. The largest absolute Gasteiger partial charge is 0.393 e. The van der Waals surface area contributed by atoms with Crippen LogP contribution in [0.3, 0.4) is 0 Å². The number of benzene rings is 3. The van der Waals surface area contributed by atoms with Gasteiger partial charge in [-0.05, 0) is 102 Å². The maximum Gasteiger partial charge on any atom is 0.0591 e. The number of aliphatic hydroxyl groups excluding tert-OH is 1. The first-order valence-corrected chi connectivity index (χ1v) is 13.6. The molecule has 0 bridgehead atoms. The molecule has 0 saturated heterocycles. The lowest BCUT2D eigenvalue weighted by atomic mass is 9.69. The van der Waals surface area contributed by atoms with Gasteiger partial charge in [0.05, 0.1) is 6.10 Å². The van der Waals surface area contributed by atoms with E-state index < -0.39 is 0 Å². The zero-order valence-corrected chi connectivity index (χ0v) is 23.8. The Kier molecular flexibility index (Phi) is 8.67. The van der Waals surface area contributed by atoms with Gasteiger partial charge in [0, 0.05) is 5.41 Å². The second-order valence-electron chi connectivity index (χ2n) is 11.7. The van der Waals surface area contributed by atoms with Crippen LogP contribution in [-0.4, -0.2) is 11.2 Å². The van der Waals surface area contributed by atoms with E-state index in [0.717, 1.165) is 31.3 Å². The minimum absolute atomic E-state index is 0.0168. The molecule has 1 nitrogen and oxygen atoms in total. The lowest BCUT2D eigenvalue weighted by Gasteiger charge is -2.34. The molecular weight excluding hydrogens is 436 g/mol. The average molecular weight is 483 g/mol. The SMILES string of the molecule is C=C(C)c1cccc(-c2ccc(C(CC)(CC)c3ccc(CCC(O)C(C)(C)C)c(C)c3)cc2C)c1. The third-order valence-corrected chi connectivity index (χ3v) is 8.23. The van der Waals surface area contributed by atoms with Gasteiger partial charge in [-0.3, -0.25) is 0 Å². The predicted molar refractivity (Wildman–Crippen MR) is 158 cm³/mol. The fraction of sp³-hybridized carbons (Fsp3) is 0.429. The summed E-state index contributed by atoms with van der Waals surface area (Å²) in [6, 6.07) is 22.8. The summed E-state index contributed by atoms with van der Waals surface area (Å²) in [4.78, 5) is 0. The summed E-state index contributed by atoms with van der Waals surface area (Å²) in [6.07, 6.45) is 3.51. The fourth-order valence-corrected chi connectivity index (χ4v) is 5.47. The quantitative estimate of drug-likeness (QED) is 0.322. The Morgan fingerprint density at radius 3 is 2.00 bits per heavy atom. The minimum atomic E-state index is -0.292. The Morgan fingerprint density at radius 2 is 1.47 bits per heavy atom. The molecule has 192 valence electrons. The number of aliphatic hydroxyl groups is 1. The molecule has 0 aliphatic rings. The highest BCUT2D eigenvalue weighted by molar-refractivity contribution is 5.73. The first kappa shape index (κ1) is 27.9. The van der Waals surface area contributed by atoms with E-state index in [2.05, 4.69) is 123 Å². The van der Waals surface area contributed by atoms with Crippen LogP contribution in [0.4, 0.5) is 0 Å². The van der Waals surface area contributed by atoms with Crippen LogP contribution < -0.4 is 0 Å². The van der Waals surface area contributed by atoms with Crippen molar-refractivity contribution in [1.29, 1.82) is 0 Å². The molecule has 1 heteroatoms. The Bertz CT molecular complexity index is 1200. The number of rotatable bonds is 9. The molecule has 0 heterocycles. The molecule has 3 aromatic rings. The van der Waals surface area contributed by atoms with Gasteiger partial charge in [-0.15, -0.1) is 0 Å². The van der Waals surface area contributed by atoms with Gasteiger partial charge in [-0.25, -0.2) is 0 Å². The van der Waals surface area contributed by atoms with E-state index >= 15 is 0 Å². The van der Waals surface area contributed by atoms with Crippen molar-refractivity contribution in [3.63, 3.8) is 0 Å². The van der Waals surface area contributed by atoms with Crippen molar-refractivity contribution >= 4 is 5.57 Å². The smallest absolute Gasteiger partial charge is 0.0591 e. The molecule has 1 atom stereocenters. The van der Waals surface area contributed by atoms with Crippen molar-refractivity contribution in [1.82, 2.24) is 0 Å². The Labute approximate surface area is 220 Å². The van der Waals surface area contributed by atoms with Gasteiger partial charge in [0.25, 0.3) is 0 Å². The maximum absolute atomic E-state index is 10.5. The van der Waals surface area contributed by atoms with Crippen LogP contribution in [-0.2, 0) is 11.8 Å². The molecule has 3 aromatic carbocycles. The van der Waals surface area contributed by atoms with Gasteiger partial charge in [-0.1, -0.05) is 101 Å². The van der Waals surface area contributed by atoms with Gasteiger partial charge in [0.15, 0.2) is 0 Å². The highest BCUT2D eigenvalue weighted by Crippen LogP contribution is 2.41. The van der Waals surface area contributed by atoms with E-state index in [-0.39, 0.29) is 16.9 Å². The first-order chi connectivity index (χ1) is 16.9. The molecule has 3 rings (SSSR count). The van der Waals surface area contributed by atoms with E-state index in [9.17, 15) is 5.11 Å². The van der Waals surface area contributed by atoms with E-state index in [0.29, 0.717) is 0 Å². The van der Waals surface area contributed by atoms with Gasteiger partial charge in [0.2, 0.25) is 0 Å². The third kappa shape index (κ3) is 5.84. The topological polar surface area (TPSA) is 20.2 Å². The van der Waals surface area contributed by atoms with Crippen LogP contribution in [0.1, 0.15) is 94.2 Å². The second-order valence-corrected chi connectivity index (χ2v) is 11.7. The Hall–Kier alpha value is -2.64. The van der Waals surface area contributed by atoms with Crippen molar-refractivity contribution in [2.75, 3.05) is 0 Å². The maximum atomic E-state index is 10.5. The van der Waals surface area contributed by atoms with Crippen LogP contribution in [0, 0.1) is 19.3 Å². The number of aryl methyl sites for hydroxylation is 3. The summed E-state index contributed by atoms with van der Waals surface area (Å²) >= 11 is 0. The molecule has 0 aliphatic carbocycles. The van der Waals surface area contributed by atoms with Gasteiger partial charge in [-0.2, -0.15) is 0 Å². The van der Waals surface area contributed by atoms with Gasteiger partial charge >= 0.3 is 0 Å². The zero-order chi connectivity index (χ0) is 26.7. The molecular formula is C35H46O. The van der Waals surface area contributed by atoms with E-state index in [1.54, 1.807) is 0 Å². The summed E-state index contributed by atoms with van der Waals surface area (Å²) in [7, 11) is 0. The summed E-state index contributed by atoms with van der Waals surface area (Å²) in [5.74, 6) is 0. The van der Waals surface area contributed by atoms with Crippen LogP contribution in [0.15, 0.2) is 67.2 Å². The molecule has 0 amide bonds. The van der Waals surface area contributed by atoms with E-state index in [4.69, 9.17) is 0 Å². The minimum Gasteiger partial charge on any atom is -0.393 e. The standard InChI is InChI=1S/C35H46O/c1-10-35(11-2,30-17-15-27(25(5)21-30)16-20-33(36)34(7,8)9)31-18-19-32(26(6)22-31)29-14-12-13-28(23-29)24(3)4/h12-15,17-19,21-23,33,36H,3,10-11,16,20H2,1-2,4-9H3. The van der Waals surface area contributed by atoms with Crippen molar-refractivity contribution in [3.05, 3.63) is 101 Å². The number of allylic oxidation sites excluding steroid dienone is 1. The summed E-state index contributed by atoms with van der Waals surface area (Å²) in [5.41, 5.74) is 11.5. The second kappa shape index (κ2) is 11.2. The molecule has 0 radical (unpaired) electrons. The van der Waals surface area contributed by atoms with E-state index in [1.807, 2.05) is 0 Å². The van der Waals surface area contributed by atoms with E-state index in [1.165, 1.54) is 44.5 Å². The van der Waals surface area contributed by atoms with Crippen molar-refractivity contribution in [2.24, 2.45) is 5.41 Å². The molecule has 36 heavy (non-hydrogen) atoms. The molecule has 1 unspecified atom stereocenters. The molecule has 0 saturated carbocycles. The normalized spacial score (nSPS) is 13.0. The van der Waals surface area contributed by atoms with Gasteiger partial charge < -0.3 is 5.11 Å². The molecule has 0 aliphatic heterocycles. The zero-order valence-electron chi connectivity index (χ0n) is 23.8. The van der Waals surface area contributed by atoms with Crippen LogP contribution in [0.5, 0.6) is 0 Å². The fourth-order valence-electron chi connectivity index (χ4n) is 5.47. The molecule has 0 spiro atoms. The van der Waals surface area contributed by atoms with Crippen LogP contribution in [0.25, 0.3) is 16.7 Å². The predicted octanol–water partition coefficient (Wildman–Crippen LogP) is 9.45. The first-order valence-electron chi connectivity index (χ1n) is 13.6. The lowest BCUT2D eigenvalue weighted by molar-refractivity contribution is 0.0560. The molecule has 1 N–H and O–H groups in total. The summed E-state index contributed by atoms with van der Waals surface area (Å²) in [6.45, 7) is 21.6. The molecule has 0 fully saturated rings. The Morgan fingerprint density at radius 1 is 0.861 bits per heavy atom. The van der Waals surface area contributed by atoms with Gasteiger partial charge in [0.1, 0.15) is 0 Å². The lowest BCUT2D eigenvalue weighted by Crippen LogP contribution is -2.27. The highest BCUT2D eigenvalue weighted by atomic mass is 16.3. The number of hydrogen-bond donors (Lipinski definition) is 1. The van der Waals surface area contributed by atoms with Crippen molar-refractivity contribution in [3.8, 4) is 11.1 Å². The monoisotopic (exact) mass is 482 g/mol. The number of hydrogen-bond acceptors (Lipinski definition) is 1. The average Bonchev–Trinajstić information content (AvgIpc) is 2.84. The summed E-state index contributed by atoms with van der Waals surface area (Å²) in [5, 5.41) is 10.5. The van der Waals surface area contributed by atoms with Crippen molar-refractivity contribution in [2.45, 2.75) is 92.6 Å². The third-order valence-electron chi connectivity index (χ3n) is 8.23.